The van der Waals surface area contributed by atoms with Gasteiger partial charge in [0.1, 0.15) is 11.3 Å². The van der Waals surface area contributed by atoms with Crippen LogP contribution in [0.3, 0.4) is 0 Å². The maximum Gasteiger partial charge on any atom is 0.360 e. The largest absolute Gasteiger partial charge is 0.464 e. The first-order chi connectivity index (χ1) is 14.2. The lowest BCUT2D eigenvalue weighted by Crippen LogP contribution is -2.32. The number of sulfonamides is 1. The minimum absolute atomic E-state index is 0.0225. The van der Waals surface area contributed by atoms with E-state index in [-0.39, 0.29) is 34.6 Å². The lowest BCUT2D eigenvalue weighted by Gasteiger charge is -2.21. The number of hydrogen-bond donors (Lipinski definition) is 0. The van der Waals surface area contributed by atoms with Crippen molar-refractivity contribution in [3.63, 3.8) is 0 Å². The van der Waals surface area contributed by atoms with E-state index in [1.807, 2.05) is 6.92 Å². The topological polar surface area (TPSA) is 142 Å². The average Bonchev–Trinajstić information content (AvgIpc) is 3.18. The number of esters is 1. The first-order valence-electron chi connectivity index (χ1n) is 8.75. The van der Waals surface area contributed by atoms with Crippen LogP contribution in [0.1, 0.15) is 29.7 Å². The van der Waals surface area contributed by atoms with Crippen LogP contribution >= 0.6 is 11.6 Å². The highest BCUT2D eigenvalue weighted by Crippen LogP contribution is 2.29. The number of ether oxygens (including phenoxy) is 2. The number of benzene rings is 1. The van der Waals surface area contributed by atoms with Gasteiger partial charge < -0.3 is 13.9 Å². The monoisotopic (exact) mass is 461 g/mol. The third-order valence-electron chi connectivity index (χ3n) is 3.91. The maximum absolute atomic E-state index is 13.1. The van der Waals surface area contributed by atoms with Gasteiger partial charge >= 0.3 is 5.97 Å². The van der Waals surface area contributed by atoms with Crippen molar-refractivity contribution in [2.45, 2.75) is 24.8 Å². The summed E-state index contributed by atoms with van der Waals surface area (Å²) in [5, 5.41) is 10.9. The van der Waals surface area contributed by atoms with Crippen molar-refractivity contribution < 1.29 is 32.0 Å². The fraction of sp³-hybridized carbons (Fsp3) is 0.412. The summed E-state index contributed by atoms with van der Waals surface area (Å²) in [5.41, 5.74) is -0.641. The van der Waals surface area contributed by atoms with E-state index in [2.05, 4.69) is 9.72 Å². The molecule has 0 spiro atoms. The molecule has 13 heteroatoms. The van der Waals surface area contributed by atoms with Crippen molar-refractivity contribution in [3.8, 4) is 0 Å². The van der Waals surface area contributed by atoms with Crippen LogP contribution in [-0.2, 0) is 26.0 Å². The van der Waals surface area contributed by atoms with Crippen LogP contribution in [0.2, 0.25) is 5.02 Å². The molecule has 164 valence electrons. The summed E-state index contributed by atoms with van der Waals surface area (Å²) in [6, 6.07) is 3.21. The number of nitro benzene ring substituents is 1. The van der Waals surface area contributed by atoms with E-state index in [1.54, 1.807) is 0 Å². The Balaban J connectivity index is 2.35. The SMILES string of the molecule is CCOCCCN(Cc1nc(C(=O)OC)co1)S(=O)(=O)c1ccc(Cl)c([N+](=O)[O-])c1. The van der Waals surface area contributed by atoms with Crippen molar-refractivity contribution >= 4 is 33.3 Å². The first kappa shape index (κ1) is 23.7. The van der Waals surface area contributed by atoms with Gasteiger partial charge in [0, 0.05) is 25.8 Å². The van der Waals surface area contributed by atoms with Crippen LogP contribution in [0.4, 0.5) is 5.69 Å². The Hall–Kier alpha value is -2.54. The van der Waals surface area contributed by atoms with Crippen molar-refractivity contribution in [3.05, 3.63) is 51.2 Å². The molecule has 0 fully saturated rings. The van der Waals surface area contributed by atoms with Crippen molar-refractivity contribution in [1.82, 2.24) is 9.29 Å². The van der Waals surface area contributed by atoms with Crippen LogP contribution < -0.4 is 0 Å². The second-order valence-electron chi connectivity index (χ2n) is 5.88. The van der Waals surface area contributed by atoms with E-state index in [0.29, 0.717) is 19.6 Å². The summed E-state index contributed by atoms with van der Waals surface area (Å²) in [6.07, 6.45) is 1.41. The predicted octanol–water partition coefficient (Wildman–Crippen LogP) is 2.64. The summed E-state index contributed by atoms with van der Waals surface area (Å²) in [5.74, 6) is -0.775. The number of aromatic nitrogens is 1. The van der Waals surface area contributed by atoms with Crippen molar-refractivity contribution in [2.24, 2.45) is 0 Å². The van der Waals surface area contributed by atoms with Gasteiger partial charge in [-0.1, -0.05) is 11.6 Å². The summed E-state index contributed by atoms with van der Waals surface area (Å²) in [7, 11) is -3.00. The van der Waals surface area contributed by atoms with Crippen LogP contribution in [0.15, 0.2) is 33.8 Å². The number of carbonyl (C=O) groups excluding carboxylic acids is 1. The Morgan fingerprint density at radius 2 is 2.13 bits per heavy atom. The molecule has 0 aliphatic heterocycles. The third-order valence-corrected chi connectivity index (χ3v) is 6.07. The fourth-order valence-corrected chi connectivity index (χ4v) is 4.08. The van der Waals surface area contributed by atoms with Gasteiger partial charge in [0.2, 0.25) is 15.9 Å². The summed E-state index contributed by atoms with van der Waals surface area (Å²) in [4.78, 5) is 25.5. The zero-order valence-corrected chi connectivity index (χ0v) is 17.8. The normalized spacial score (nSPS) is 11.6. The standard InChI is InChI=1S/C17H20ClN3O8S/c1-3-28-8-4-7-20(10-16-19-14(11-29-16)17(22)27-2)30(25,26)12-5-6-13(18)15(9-12)21(23)24/h5-6,9,11H,3-4,7-8,10H2,1-2H3. The van der Waals surface area contributed by atoms with Crippen LogP contribution in [-0.4, -0.2) is 55.5 Å². The van der Waals surface area contributed by atoms with Gasteiger partial charge in [-0.3, -0.25) is 10.1 Å². The minimum Gasteiger partial charge on any atom is -0.464 e. The molecule has 0 radical (unpaired) electrons. The van der Waals surface area contributed by atoms with E-state index in [1.165, 1.54) is 13.2 Å². The molecule has 0 unspecified atom stereocenters. The second-order valence-corrected chi connectivity index (χ2v) is 8.22. The lowest BCUT2D eigenvalue weighted by atomic mass is 10.3. The van der Waals surface area contributed by atoms with Gasteiger partial charge in [0.05, 0.1) is 23.5 Å². The molecular formula is C17H20ClN3O8S. The van der Waals surface area contributed by atoms with Gasteiger partial charge in [-0.05, 0) is 25.5 Å². The van der Waals surface area contributed by atoms with E-state index in [9.17, 15) is 23.3 Å². The quantitative estimate of drug-likeness (QED) is 0.213. The van der Waals surface area contributed by atoms with Gasteiger partial charge in [0.15, 0.2) is 5.69 Å². The summed E-state index contributed by atoms with van der Waals surface area (Å²) in [6.45, 7) is 2.31. The Kier molecular flexibility index (Phi) is 8.29. The minimum atomic E-state index is -4.18. The highest BCUT2D eigenvalue weighted by Gasteiger charge is 2.29. The van der Waals surface area contributed by atoms with Crippen LogP contribution in [0.25, 0.3) is 0 Å². The molecule has 0 saturated carbocycles. The number of nitro groups is 1. The molecule has 0 bridgehead atoms. The average molecular weight is 462 g/mol. The molecular weight excluding hydrogens is 442 g/mol. The molecule has 1 aromatic heterocycles. The molecule has 0 aliphatic rings. The Labute approximate surface area is 177 Å². The second kappa shape index (κ2) is 10.5. The lowest BCUT2D eigenvalue weighted by molar-refractivity contribution is -0.384. The van der Waals surface area contributed by atoms with Crippen LogP contribution in [0.5, 0.6) is 0 Å². The zero-order chi connectivity index (χ0) is 22.3. The number of hydrogen-bond acceptors (Lipinski definition) is 9. The molecule has 0 saturated heterocycles. The molecule has 1 heterocycles. The number of halogens is 1. The number of rotatable bonds is 11. The molecule has 30 heavy (non-hydrogen) atoms. The van der Waals surface area contributed by atoms with Gasteiger partial charge in [0.25, 0.3) is 5.69 Å². The summed E-state index contributed by atoms with van der Waals surface area (Å²) >= 11 is 5.78. The molecule has 2 rings (SSSR count). The molecule has 0 aliphatic carbocycles. The Morgan fingerprint density at radius 1 is 1.40 bits per heavy atom. The smallest absolute Gasteiger partial charge is 0.360 e. The third kappa shape index (κ3) is 5.75. The van der Waals surface area contributed by atoms with E-state index < -0.39 is 26.6 Å². The highest BCUT2D eigenvalue weighted by molar-refractivity contribution is 7.89. The summed E-state index contributed by atoms with van der Waals surface area (Å²) < 4.78 is 42.3. The molecule has 1 aromatic carbocycles. The Bertz CT molecular complexity index is 1010. The van der Waals surface area contributed by atoms with Gasteiger partial charge in [-0.15, -0.1) is 0 Å². The number of carbonyl (C=O) groups is 1. The van der Waals surface area contributed by atoms with E-state index in [4.69, 9.17) is 20.8 Å². The predicted molar refractivity (Wildman–Crippen MR) is 105 cm³/mol. The van der Waals surface area contributed by atoms with Crippen molar-refractivity contribution in [2.75, 3.05) is 26.9 Å². The zero-order valence-electron chi connectivity index (χ0n) is 16.2. The van der Waals surface area contributed by atoms with E-state index >= 15 is 0 Å². The number of nitrogens with zero attached hydrogens (tertiary/aromatic N) is 3. The molecule has 0 N–H and O–H groups in total. The number of oxazole rings is 1. The molecule has 0 amide bonds. The van der Waals surface area contributed by atoms with Gasteiger partial charge in [-0.25, -0.2) is 18.2 Å². The maximum atomic E-state index is 13.1. The highest BCUT2D eigenvalue weighted by atomic mass is 35.5. The van der Waals surface area contributed by atoms with Crippen LogP contribution in [0, 0.1) is 10.1 Å². The molecule has 0 atom stereocenters. The van der Waals surface area contributed by atoms with Gasteiger partial charge in [-0.2, -0.15) is 4.31 Å². The molecule has 2 aromatic rings. The Morgan fingerprint density at radius 3 is 2.77 bits per heavy atom. The number of methoxy groups -OCH3 is 1. The first-order valence-corrected chi connectivity index (χ1v) is 10.6. The fourth-order valence-electron chi connectivity index (χ4n) is 2.45. The molecule has 11 nitrogen and oxygen atoms in total. The van der Waals surface area contributed by atoms with E-state index in [0.717, 1.165) is 22.7 Å². The van der Waals surface area contributed by atoms with Crippen molar-refractivity contribution in [1.29, 1.82) is 0 Å².